The smallest absolute Gasteiger partial charge is 0.236 e. The summed E-state index contributed by atoms with van der Waals surface area (Å²) in [6.07, 6.45) is 1.77. The Kier molecular flexibility index (Phi) is 1.58. The number of nitrogens with zero attached hydrogens (tertiary/aromatic N) is 1. The van der Waals surface area contributed by atoms with E-state index in [-0.39, 0.29) is 5.91 Å². The van der Waals surface area contributed by atoms with Gasteiger partial charge in [-0.15, -0.1) is 11.8 Å². The lowest BCUT2D eigenvalue weighted by molar-refractivity contribution is -0.124. The Bertz CT molecular complexity index is 132. The molecule has 8 heavy (non-hydrogen) atoms. The first-order valence-corrected chi connectivity index (χ1v) is 3.39. The number of carbonyl (C=O) groups is 1. The second kappa shape index (κ2) is 2.22. The molecule has 0 aliphatic carbocycles. The van der Waals surface area contributed by atoms with Crippen molar-refractivity contribution in [3.05, 3.63) is 11.6 Å². The molecule has 0 unspecified atom stereocenters. The van der Waals surface area contributed by atoms with Crippen molar-refractivity contribution in [2.45, 2.75) is 0 Å². The molecule has 0 bridgehead atoms. The molecule has 0 aromatic carbocycles. The number of thioether (sulfide) groups is 1. The Morgan fingerprint density at radius 3 is 3.00 bits per heavy atom. The Hall–Kier alpha value is -0.440. The summed E-state index contributed by atoms with van der Waals surface area (Å²) in [7, 11) is 1.76. The highest BCUT2D eigenvalue weighted by atomic mass is 32.2. The summed E-state index contributed by atoms with van der Waals surface area (Å²) in [6, 6.07) is 0. The van der Waals surface area contributed by atoms with E-state index in [9.17, 15) is 4.79 Å². The Labute approximate surface area is 52.5 Å². The van der Waals surface area contributed by atoms with Crippen LogP contribution in [0.5, 0.6) is 0 Å². The zero-order valence-corrected chi connectivity index (χ0v) is 5.44. The van der Waals surface area contributed by atoms with Crippen molar-refractivity contribution in [2.24, 2.45) is 0 Å². The lowest BCUT2D eigenvalue weighted by Crippen LogP contribution is -2.24. The highest BCUT2D eigenvalue weighted by Crippen LogP contribution is 2.09. The van der Waals surface area contributed by atoms with Crippen molar-refractivity contribution in [1.82, 2.24) is 4.90 Å². The van der Waals surface area contributed by atoms with Crippen molar-refractivity contribution in [1.29, 1.82) is 0 Å². The largest absolute Gasteiger partial charge is 0.321 e. The van der Waals surface area contributed by atoms with E-state index < -0.39 is 0 Å². The van der Waals surface area contributed by atoms with E-state index in [0.717, 1.165) is 0 Å². The van der Waals surface area contributed by atoms with Crippen LogP contribution in [-0.2, 0) is 4.79 Å². The van der Waals surface area contributed by atoms with Crippen LogP contribution < -0.4 is 0 Å². The van der Waals surface area contributed by atoms with Crippen LogP contribution in [0.3, 0.4) is 0 Å². The summed E-state index contributed by atoms with van der Waals surface area (Å²) in [5.41, 5.74) is 0. The van der Waals surface area contributed by atoms with Crippen molar-refractivity contribution >= 4 is 17.7 Å². The van der Waals surface area contributed by atoms with Gasteiger partial charge in [-0.3, -0.25) is 4.79 Å². The lowest BCUT2D eigenvalue weighted by atomic mass is 10.6. The molecular formula is C5H7NOS. The maximum Gasteiger partial charge on any atom is 0.236 e. The molecule has 1 aliphatic heterocycles. The Morgan fingerprint density at radius 1 is 1.88 bits per heavy atom. The number of rotatable bonds is 0. The van der Waals surface area contributed by atoms with E-state index in [1.165, 1.54) is 11.8 Å². The third-order valence-electron chi connectivity index (χ3n) is 0.981. The first-order valence-electron chi connectivity index (χ1n) is 2.34. The van der Waals surface area contributed by atoms with Gasteiger partial charge in [-0.25, -0.2) is 0 Å². The summed E-state index contributed by atoms with van der Waals surface area (Å²) in [4.78, 5) is 12.2. The fraction of sp³-hybridized carbons (Fsp3) is 0.400. The quantitative estimate of drug-likeness (QED) is 0.479. The van der Waals surface area contributed by atoms with Gasteiger partial charge in [-0.2, -0.15) is 0 Å². The average molecular weight is 129 g/mol. The van der Waals surface area contributed by atoms with Crippen LogP contribution in [0.2, 0.25) is 0 Å². The fourth-order valence-corrected chi connectivity index (χ4v) is 1.15. The van der Waals surface area contributed by atoms with Crippen LogP contribution in [0, 0.1) is 0 Å². The SMILES string of the molecule is CN1C=CSCC1=O. The number of hydrogen-bond acceptors (Lipinski definition) is 2. The number of hydrogen-bond donors (Lipinski definition) is 0. The fourth-order valence-electron chi connectivity index (χ4n) is 0.439. The van der Waals surface area contributed by atoms with E-state index in [4.69, 9.17) is 0 Å². The number of carbonyl (C=O) groups excluding carboxylic acids is 1. The van der Waals surface area contributed by atoms with Gasteiger partial charge in [0.2, 0.25) is 5.91 Å². The minimum Gasteiger partial charge on any atom is -0.321 e. The van der Waals surface area contributed by atoms with Gasteiger partial charge in [0.25, 0.3) is 0 Å². The molecule has 1 amide bonds. The molecule has 3 heteroatoms. The van der Waals surface area contributed by atoms with Gasteiger partial charge >= 0.3 is 0 Å². The Morgan fingerprint density at radius 2 is 2.62 bits per heavy atom. The summed E-state index contributed by atoms with van der Waals surface area (Å²) in [6.45, 7) is 0. The summed E-state index contributed by atoms with van der Waals surface area (Å²) in [5.74, 6) is 0.769. The van der Waals surface area contributed by atoms with Gasteiger partial charge in [-0.1, -0.05) is 0 Å². The predicted molar refractivity (Wildman–Crippen MR) is 34.4 cm³/mol. The minimum atomic E-state index is 0.178. The maximum absolute atomic E-state index is 10.6. The molecular weight excluding hydrogens is 122 g/mol. The molecule has 0 radical (unpaired) electrons. The molecule has 44 valence electrons. The zero-order chi connectivity index (χ0) is 5.98. The first-order chi connectivity index (χ1) is 3.80. The highest BCUT2D eigenvalue weighted by Gasteiger charge is 2.07. The van der Waals surface area contributed by atoms with Crippen molar-refractivity contribution in [3.63, 3.8) is 0 Å². The van der Waals surface area contributed by atoms with Crippen molar-refractivity contribution < 1.29 is 4.79 Å². The molecule has 0 atom stereocenters. The monoisotopic (exact) mass is 129 g/mol. The molecule has 0 aromatic heterocycles. The van der Waals surface area contributed by atoms with E-state index in [2.05, 4.69) is 0 Å². The molecule has 0 aromatic rings. The maximum atomic E-state index is 10.6. The minimum absolute atomic E-state index is 0.178. The molecule has 2 nitrogen and oxygen atoms in total. The summed E-state index contributed by atoms with van der Waals surface area (Å²) in [5, 5.41) is 1.92. The van der Waals surface area contributed by atoms with E-state index in [1.54, 1.807) is 18.1 Å². The number of amides is 1. The van der Waals surface area contributed by atoms with Crippen LogP contribution in [0.4, 0.5) is 0 Å². The standard InChI is InChI=1S/C5H7NOS/c1-6-2-3-8-4-5(6)7/h2-3H,4H2,1H3. The highest BCUT2D eigenvalue weighted by molar-refractivity contribution is 8.02. The van der Waals surface area contributed by atoms with Crippen LogP contribution in [0.1, 0.15) is 0 Å². The third kappa shape index (κ3) is 1.04. The van der Waals surface area contributed by atoms with Crippen LogP contribution >= 0.6 is 11.8 Å². The molecule has 0 spiro atoms. The van der Waals surface area contributed by atoms with Gasteiger partial charge in [0.05, 0.1) is 5.75 Å². The lowest BCUT2D eigenvalue weighted by Gasteiger charge is -2.13. The van der Waals surface area contributed by atoms with Gasteiger partial charge in [0.15, 0.2) is 0 Å². The van der Waals surface area contributed by atoms with E-state index in [1.807, 2.05) is 5.41 Å². The Balaban J connectivity index is 2.60. The van der Waals surface area contributed by atoms with E-state index >= 15 is 0 Å². The van der Waals surface area contributed by atoms with Crippen LogP contribution in [0.15, 0.2) is 11.6 Å². The van der Waals surface area contributed by atoms with Gasteiger partial charge in [0, 0.05) is 13.2 Å². The predicted octanol–water partition coefficient (Wildman–Crippen LogP) is 0.663. The zero-order valence-electron chi connectivity index (χ0n) is 4.63. The summed E-state index contributed by atoms with van der Waals surface area (Å²) < 4.78 is 0. The topological polar surface area (TPSA) is 20.3 Å². The van der Waals surface area contributed by atoms with Gasteiger partial charge in [0.1, 0.15) is 0 Å². The molecule has 1 aliphatic rings. The van der Waals surface area contributed by atoms with Gasteiger partial charge < -0.3 is 4.90 Å². The first kappa shape index (κ1) is 5.69. The van der Waals surface area contributed by atoms with Crippen molar-refractivity contribution in [3.8, 4) is 0 Å². The second-order valence-electron chi connectivity index (χ2n) is 1.60. The van der Waals surface area contributed by atoms with E-state index in [0.29, 0.717) is 5.75 Å². The third-order valence-corrected chi connectivity index (χ3v) is 1.71. The molecule has 0 fully saturated rings. The van der Waals surface area contributed by atoms with Gasteiger partial charge in [-0.05, 0) is 5.41 Å². The second-order valence-corrected chi connectivity index (χ2v) is 2.49. The molecule has 1 heterocycles. The van der Waals surface area contributed by atoms with Crippen LogP contribution in [-0.4, -0.2) is 23.6 Å². The summed E-state index contributed by atoms with van der Waals surface area (Å²) >= 11 is 1.53. The molecule has 0 N–H and O–H groups in total. The normalized spacial score (nSPS) is 19.6. The average Bonchev–Trinajstić information content (AvgIpc) is 1.77. The molecule has 1 rings (SSSR count). The van der Waals surface area contributed by atoms with Crippen LogP contribution in [0.25, 0.3) is 0 Å². The molecule has 0 saturated carbocycles. The molecule has 0 saturated heterocycles. The van der Waals surface area contributed by atoms with Crippen molar-refractivity contribution in [2.75, 3.05) is 12.8 Å².